The number of piperazine rings is 1. The third-order valence-electron chi connectivity index (χ3n) is 4.32. The predicted molar refractivity (Wildman–Crippen MR) is 99.7 cm³/mol. The van der Waals surface area contributed by atoms with Gasteiger partial charge in [0.1, 0.15) is 12.3 Å². The molecule has 1 fully saturated rings. The number of para-hydroxylation sites is 1. The third kappa shape index (κ3) is 4.59. The molecule has 1 aromatic heterocycles. The first-order chi connectivity index (χ1) is 11.6. The van der Waals surface area contributed by atoms with Crippen molar-refractivity contribution in [1.82, 2.24) is 4.90 Å². The minimum atomic E-state index is 0.0798. The number of amides is 1. The molecule has 0 saturated carbocycles. The first-order valence-corrected chi connectivity index (χ1v) is 9.77. The molecule has 0 aliphatic carbocycles. The van der Waals surface area contributed by atoms with Gasteiger partial charge in [0.2, 0.25) is 0 Å². The zero-order valence-electron chi connectivity index (χ0n) is 13.8. The van der Waals surface area contributed by atoms with Crippen LogP contribution in [-0.4, -0.2) is 43.6 Å². The Bertz CT molecular complexity index is 696. The summed E-state index contributed by atoms with van der Waals surface area (Å²) < 4.78 is 6.86. The second-order valence-electron chi connectivity index (χ2n) is 6.07. The Hall–Kier alpha value is -1.37. The topological polar surface area (TPSA) is 34.0 Å². The fourth-order valence-corrected chi connectivity index (χ4v) is 4.45. The van der Waals surface area contributed by atoms with Crippen LogP contribution in [0, 0.1) is 6.92 Å². The Labute approximate surface area is 155 Å². The molecule has 0 radical (unpaired) electrons. The van der Waals surface area contributed by atoms with Crippen LogP contribution in [0.25, 0.3) is 0 Å². The Balaban J connectivity index is 1.44. The zero-order valence-corrected chi connectivity index (χ0v) is 16.2. The monoisotopic (exact) mass is 409 g/mol. The van der Waals surface area contributed by atoms with Crippen molar-refractivity contribution in [2.45, 2.75) is 13.5 Å². The molecule has 0 atom stereocenters. The fraction of sp³-hybridized carbons (Fsp3) is 0.389. The maximum atomic E-state index is 12.3. The van der Waals surface area contributed by atoms with Gasteiger partial charge < -0.3 is 14.5 Å². The SMILES string of the molecule is Cc1ccccc1OCC(=O)N1CC[NH+](Cc2ccc(Br)s2)CC1. The number of nitrogens with zero attached hydrogens (tertiary/aromatic N) is 1. The van der Waals surface area contributed by atoms with Crippen molar-refractivity contribution in [2.75, 3.05) is 32.8 Å². The lowest BCUT2D eigenvalue weighted by Crippen LogP contribution is -3.13. The van der Waals surface area contributed by atoms with Gasteiger partial charge in [-0.3, -0.25) is 4.79 Å². The van der Waals surface area contributed by atoms with Gasteiger partial charge in [-0.2, -0.15) is 0 Å². The second kappa shape index (κ2) is 8.14. The first kappa shape index (κ1) is 17.5. The van der Waals surface area contributed by atoms with E-state index >= 15 is 0 Å². The lowest BCUT2D eigenvalue weighted by atomic mass is 10.2. The highest BCUT2D eigenvalue weighted by atomic mass is 79.9. The van der Waals surface area contributed by atoms with Crippen LogP contribution in [0.1, 0.15) is 10.4 Å². The van der Waals surface area contributed by atoms with Crippen molar-refractivity contribution >= 4 is 33.2 Å². The third-order valence-corrected chi connectivity index (χ3v) is 5.94. The molecule has 1 N–H and O–H groups in total. The standard InChI is InChI=1S/C18H21BrN2O2S/c1-14-4-2-3-5-16(14)23-13-18(22)21-10-8-20(9-11-21)12-15-6-7-17(19)24-15/h2-7H,8-13H2,1H3/p+1. The number of hydrogen-bond donors (Lipinski definition) is 1. The number of carbonyl (C=O) groups excluding carboxylic acids is 1. The van der Waals surface area contributed by atoms with Crippen LogP contribution < -0.4 is 9.64 Å². The Kier molecular flexibility index (Phi) is 5.92. The molecule has 24 heavy (non-hydrogen) atoms. The van der Waals surface area contributed by atoms with Crippen LogP contribution >= 0.6 is 27.3 Å². The zero-order chi connectivity index (χ0) is 16.9. The summed E-state index contributed by atoms with van der Waals surface area (Å²) in [6.45, 7) is 6.74. The van der Waals surface area contributed by atoms with E-state index in [1.54, 1.807) is 11.3 Å². The highest BCUT2D eigenvalue weighted by Gasteiger charge is 2.24. The van der Waals surface area contributed by atoms with Gasteiger partial charge in [-0.1, -0.05) is 18.2 Å². The van der Waals surface area contributed by atoms with E-state index in [2.05, 4.69) is 28.1 Å². The molecule has 128 valence electrons. The maximum Gasteiger partial charge on any atom is 0.260 e. The second-order valence-corrected chi connectivity index (χ2v) is 8.62. The number of benzene rings is 1. The van der Waals surface area contributed by atoms with Gasteiger partial charge in [0.25, 0.3) is 5.91 Å². The summed E-state index contributed by atoms with van der Waals surface area (Å²) >= 11 is 5.30. The van der Waals surface area contributed by atoms with E-state index in [9.17, 15) is 4.79 Å². The summed E-state index contributed by atoms with van der Waals surface area (Å²) in [6, 6.07) is 12.1. The molecule has 0 spiro atoms. The van der Waals surface area contributed by atoms with E-state index in [1.165, 1.54) is 13.6 Å². The summed E-state index contributed by atoms with van der Waals surface area (Å²) in [6.07, 6.45) is 0. The molecule has 3 rings (SSSR count). The molecule has 0 bridgehead atoms. The van der Waals surface area contributed by atoms with Crippen LogP contribution in [0.5, 0.6) is 5.75 Å². The normalized spacial score (nSPS) is 15.5. The van der Waals surface area contributed by atoms with E-state index in [0.717, 1.165) is 44.0 Å². The highest BCUT2D eigenvalue weighted by molar-refractivity contribution is 9.11. The van der Waals surface area contributed by atoms with Gasteiger partial charge in [-0.15, -0.1) is 11.3 Å². The van der Waals surface area contributed by atoms with E-state index in [4.69, 9.17) is 4.74 Å². The molecular weight excluding hydrogens is 388 g/mol. The van der Waals surface area contributed by atoms with Crippen LogP contribution in [0.4, 0.5) is 0 Å². The molecule has 1 aliphatic heterocycles. The number of aryl methyl sites for hydroxylation is 1. The van der Waals surface area contributed by atoms with Gasteiger partial charge in [-0.05, 0) is 46.6 Å². The summed E-state index contributed by atoms with van der Waals surface area (Å²) in [5.74, 6) is 0.870. The minimum Gasteiger partial charge on any atom is -0.484 e. The number of hydrogen-bond acceptors (Lipinski definition) is 3. The van der Waals surface area contributed by atoms with Gasteiger partial charge >= 0.3 is 0 Å². The van der Waals surface area contributed by atoms with Crippen LogP contribution in [0.2, 0.25) is 0 Å². The van der Waals surface area contributed by atoms with Crippen LogP contribution in [-0.2, 0) is 11.3 Å². The van der Waals surface area contributed by atoms with Gasteiger partial charge in [0.15, 0.2) is 6.61 Å². The van der Waals surface area contributed by atoms with Gasteiger partial charge in [0, 0.05) is 0 Å². The van der Waals surface area contributed by atoms with Crippen molar-refractivity contribution in [3.8, 4) is 5.75 Å². The summed E-state index contributed by atoms with van der Waals surface area (Å²) in [5.41, 5.74) is 1.06. The lowest BCUT2D eigenvalue weighted by molar-refractivity contribution is -0.917. The molecule has 6 heteroatoms. The minimum absolute atomic E-state index is 0.0798. The highest BCUT2D eigenvalue weighted by Crippen LogP contribution is 2.21. The van der Waals surface area contributed by atoms with E-state index < -0.39 is 0 Å². The van der Waals surface area contributed by atoms with Crippen LogP contribution in [0.15, 0.2) is 40.2 Å². The largest absolute Gasteiger partial charge is 0.484 e. The number of nitrogens with one attached hydrogen (secondary N) is 1. The summed E-state index contributed by atoms with van der Waals surface area (Å²) in [5, 5.41) is 0. The molecule has 4 nitrogen and oxygen atoms in total. The quantitative estimate of drug-likeness (QED) is 0.820. The fourth-order valence-electron chi connectivity index (χ4n) is 2.89. The molecule has 1 aromatic carbocycles. The molecule has 1 amide bonds. The number of thiophene rings is 1. The van der Waals surface area contributed by atoms with Crippen molar-refractivity contribution in [1.29, 1.82) is 0 Å². The number of halogens is 1. The van der Waals surface area contributed by atoms with Crippen molar-refractivity contribution < 1.29 is 14.4 Å². The van der Waals surface area contributed by atoms with E-state index in [1.807, 2.05) is 36.1 Å². The van der Waals surface area contributed by atoms with E-state index in [-0.39, 0.29) is 12.5 Å². The van der Waals surface area contributed by atoms with Gasteiger partial charge in [-0.25, -0.2) is 0 Å². The average molecular weight is 410 g/mol. The molecular formula is C18H22BrN2O2S+. The number of rotatable bonds is 5. The summed E-state index contributed by atoms with van der Waals surface area (Å²) in [4.78, 5) is 17.2. The molecule has 1 saturated heterocycles. The lowest BCUT2D eigenvalue weighted by Gasteiger charge is -2.32. The molecule has 2 aromatic rings. The van der Waals surface area contributed by atoms with Gasteiger partial charge in [0.05, 0.1) is 34.8 Å². The Morgan fingerprint density at radius 2 is 2.00 bits per heavy atom. The van der Waals surface area contributed by atoms with Crippen molar-refractivity contribution in [3.63, 3.8) is 0 Å². The Morgan fingerprint density at radius 1 is 1.25 bits per heavy atom. The first-order valence-electron chi connectivity index (χ1n) is 8.16. The molecule has 1 aliphatic rings. The molecule has 0 unspecified atom stereocenters. The predicted octanol–water partition coefficient (Wildman–Crippen LogP) is 2.13. The Morgan fingerprint density at radius 3 is 2.67 bits per heavy atom. The smallest absolute Gasteiger partial charge is 0.260 e. The van der Waals surface area contributed by atoms with Crippen LogP contribution in [0.3, 0.4) is 0 Å². The van der Waals surface area contributed by atoms with Crippen molar-refractivity contribution in [2.24, 2.45) is 0 Å². The number of ether oxygens (including phenoxy) is 1. The number of quaternary nitrogens is 1. The maximum absolute atomic E-state index is 12.3. The number of carbonyl (C=O) groups is 1. The average Bonchev–Trinajstić information content (AvgIpc) is 2.99. The van der Waals surface area contributed by atoms with E-state index in [0.29, 0.717) is 0 Å². The van der Waals surface area contributed by atoms with Crippen molar-refractivity contribution in [3.05, 3.63) is 50.6 Å². The summed E-state index contributed by atoms with van der Waals surface area (Å²) in [7, 11) is 0. The molecule has 2 heterocycles.